The maximum Gasteiger partial charge on any atom is 0.276 e. The van der Waals surface area contributed by atoms with Crippen LogP contribution in [0.1, 0.15) is 13.8 Å². The molecule has 0 radical (unpaired) electrons. The van der Waals surface area contributed by atoms with E-state index in [0.717, 1.165) is 0 Å². The van der Waals surface area contributed by atoms with Gasteiger partial charge in [0.05, 0.1) is 17.5 Å². The molecule has 0 heterocycles. The predicted octanol–water partition coefficient (Wildman–Crippen LogP) is 0.978. The Kier molecular flexibility index (Phi) is 7.98. The minimum atomic E-state index is -3.86. The highest BCUT2D eigenvalue weighted by Crippen LogP contribution is 2.26. The first-order valence-electron chi connectivity index (χ1n) is 8.84. The van der Waals surface area contributed by atoms with E-state index in [2.05, 4.69) is 15.6 Å². The average molecular weight is 421 g/mol. The molecule has 0 saturated heterocycles. The van der Waals surface area contributed by atoms with Crippen molar-refractivity contribution in [3.8, 4) is 11.5 Å². The fraction of sp³-hybridized carbons (Fsp3) is 0.263. The number of ether oxygens (including phenoxy) is 2. The van der Waals surface area contributed by atoms with E-state index < -0.39 is 27.9 Å². The van der Waals surface area contributed by atoms with Crippen LogP contribution in [-0.4, -0.2) is 39.5 Å². The maximum atomic E-state index is 12.2. The van der Waals surface area contributed by atoms with Gasteiger partial charge in [-0.2, -0.15) is 4.72 Å². The molecular weight excluding hydrogens is 398 g/mol. The summed E-state index contributed by atoms with van der Waals surface area (Å²) in [5, 5.41) is 0. The van der Waals surface area contributed by atoms with Crippen LogP contribution in [-0.2, 0) is 19.6 Å². The lowest BCUT2D eigenvalue weighted by atomic mass is 10.3. The number of para-hydroxylation sites is 2. The Morgan fingerprint density at radius 3 is 2.14 bits per heavy atom. The molecule has 2 rings (SSSR count). The molecule has 0 spiro atoms. The van der Waals surface area contributed by atoms with Gasteiger partial charge in [0.15, 0.2) is 18.1 Å². The van der Waals surface area contributed by atoms with E-state index in [9.17, 15) is 18.0 Å². The van der Waals surface area contributed by atoms with Gasteiger partial charge in [-0.15, -0.1) is 0 Å². The van der Waals surface area contributed by atoms with Crippen molar-refractivity contribution in [1.29, 1.82) is 0 Å². The number of sulfonamides is 1. The summed E-state index contributed by atoms with van der Waals surface area (Å²) >= 11 is 0. The number of benzene rings is 2. The fourth-order valence-electron chi connectivity index (χ4n) is 2.22. The molecule has 0 unspecified atom stereocenters. The number of hydrazine groups is 1. The van der Waals surface area contributed by atoms with Crippen molar-refractivity contribution < 1.29 is 27.5 Å². The van der Waals surface area contributed by atoms with Crippen LogP contribution in [0.25, 0.3) is 0 Å². The first-order valence-corrected chi connectivity index (χ1v) is 10.3. The van der Waals surface area contributed by atoms with Crippen molar-refractivity contribution >= 4 is 21.8 Å². The van der Waals surface area contributed by atoms with Gasteiger partial charge in [0.25, 0.3) is 11.8 Å². The van der Waals surface area contributed by atoms with Gasteiger partial charge >= 0.3 is 0 Å². The van der Waals surface area contributed by atoms with Crippen LogP contribution in [0.2, 0.25) is 0 Å². The zero-order chi connectivity index (χ0) is 21.3. The van der Waals surface area contributed by atoms with Crippen molar-refractivity contribution in [2.45, 2.75) is 24.8 Å². The monoisotopic (exact) mass is 421 g/mol. The van der Waals surface area contributed by atoms with Crippen LogP contribution in [0.4, 0.5) is 0 Å². The summed E-state index contributed by atoms with van der Waals surface area (Å²) in [4.78, 5) is 24.0. The molecule has 1 atom stereocenters. The molecule has 10 heteroatoms. The third-order valence-electron chi connectivity index (χ3n) is 3.61. The lowest BCUT2D eigenvalue weighted by molar-refractivity contribution is -0.130. The topological polar surface area (TPSA) is 123 Å². The van der Waals surface area contributed by atoms with Crippen LogP contribution in [0, 0.1) is 0 Å². The van der Waals surface area contributed by atoms with Gasteiger partial charge in [-0.1, -0.05) is 30.3 Å². The number of carbonyl (C=O) groups excluding carboxylic acids is 2. The quantitative estimate of drug-likeness (QED) is 0.519. The first-order chi connectivity index (χ1) is 13.8. The van der Waals surface area contributed by atoms with Crippen LogP contribution in [0.15, 0.2) is 59.5 Å². The number of carbonyl (C=O) groups is 2. The van der Waals surface area contributed by atoms with E-state index in [4.69, 9.17) is 9.47 Å². The Morgan fingerprint density at radius 2 is 1.52 bits per heavy atom. The molecule has 3 N–H and O–H groups in total. The summed E-state index contributed by atoms with van der Waals surface area (Å²) in [7, 11) is -3.86. The lowest BCUT2D eigenvalue weighted by Gasteiger charge is -2.15. The third-order valence-corrected chi connectivity index (χ3v) is 5.17. The Bertz CT molecular complexity index is 934. The van der Waals surface area contributed by atoms with Crippen LogP contribution >= 0.6 is 0 Å². The van der Waals surface area contributed by atoms with Crippen LogP contribution in [0.3, 0.4) is 0 Å². The van der Waals surface area contributed by atoms with Gasteiger partial charge in [0, 0.05) is 0 Å². The van der Waals surface area contributed by atoms with Gasteiger partial charge in [0.1, 0.15) is 0 Å². The summed E-state index contributed by atoms with van der Waals surface area (Å²) in [6.07, 6.45) is 0. The van der Waals surface area contributed by atoms with Crippen molar-refractivity contribution in [2.75, 3.05) is 13.2 Å². The summed E-state index contributed by atoms with van der Waals surface area (Å²) in [5.74, 6) is -0.467. The van der Waals surface area contributed by atoms with Gasteiger partial charge in [-0.25, -0.2) is 8.42 Å². The molecule has 0 aliphatic heterocycles. The predicted molar refractivity (Wildman–Crippen MR) is 106 cm³/mol. The molecule has 0 saturated carbocycles. The smallest absolute Gasteiger partial charge is 0.276 e. The van der Waals surface area contributed by atoms with Crippen molar-refractivity contribution in [3.63, 3.8) is 0 Å². The zero-order valence-electron chi connectivity index (χ0n) is 16.0. The maximum absolute atomic E-state index is 12.2. The Hall–Kier alpha value is -3.11. The van der Waals surface area contributed by atoms with Gasteiger partial charge in [-0.05, 0) is 38.1 Å². The molecule has 2 aromatic carbocycles. The number of hydrogen-bond acceptors (Lipinski definition) is 6. The summed E-state index contributed by atoms with van der Waals surface area (Å²) in [5.41, 5.74) is 4.33. The third kappa shape index (κ3) is 6.77. The van der Waals surface area contributed by atoms with E-state index in [-0.39, 0.29) is 11.5 Å². The van der Waals surface area contributed by atoms with Crippen molar-refractivity contribution in [3.05, 3.63) is 54.6 Å². The molecule has 29 heavy (non-hydrogen) atoms. The molecule has 0 aliphatic rings. The first kappa shape index (κ1) is 22.2. The van der Waals surface area contributed by atoms with E-state index in [1.807, 2.05) is 6.92 Å². The van der Waals surface area contributed by atoms with Gasteiger partial charge < -0.3 is 9.47 Å². The molecule has 0 bridgehead atoms. The summed E-state index contributed by atoms with van der Waals surface area (Å²) in [6, 6.07) is 13.4. The van der Waals surface area contributed by atoms with Crippen LogP contribution in [0.5, 0.6) is 11.5 Å². The van der Waals surface area contributed by atoms with Gasteiger partial charge in [-0.3, -0.25) is 20.4 Å². The molecule has 0 aromatic heterocycles. The summed E-state index contributed by atoms with van der Waals surface area (Å²) < 4.78 is 37.4. The summed E-state index contributed by atoms with van der Waals surface area (Å²) in [6.45, 7) is 3.26. The number of amides is 2. The Balaban J connectivity index is 1.82. The zero-order valence-corrected chi connectivity index (χ0v) is 16.9. The average Bonchev–Trinajstić information content (AvgIpc) is 2.72. The second-order valence-electron chi connectivity index (χ2n) is 5.86. The molecule has 9 nitrogen and oxygen atoms in total. The van der Waals surface area contributed by atoms with Crippen molar-refractivity contribution in [2.24, 2.45) is 0 Å². The van der Waals surface area contributed by atoms with Crippen molar-refractivity contribution in [1.82, 2.24) is 15.6 Å². The Morgan fingerprint density at radius 1 is 0.931 bits per heavy atom. The highest BCUT2D eigenvalue weighted by Gasteiger charge is 2.22. The highest BCUT2D eigenvalue weighted by atomic mass is 32.2. The standard InChI is InChI=1S/C19H23N3O6S/c1-3-27-16-11-7-8-12-17(16)28-13-18(23)20-21-19(24)14(2)22-29(25,26)15-9-5-4-6-10-15/h4-12,14,22H,3,13H2,1-2H3,(H,20,23)(H,21,24)/t14-/m0/s1. The molecule has 156 valence electrons. The second-order valence-corrected chi connectivity index (χ2v) is 7.58. The largest absolute Gasteiger partial charge is 0.490 e. The van der Waals surface area contributed by atoms with E-state index in [1.54, 1.807) is 42.5 Å². The molecule has 0 fully saturated rings. The van der Waals surface area contributed by atoms with E-state index >= 15 is 0 Å². The van der Waals surface area contributed by atoms with E-state index in [0.29, 0.717) is 18.1 Å². The molecule has 0 aliphatic carbocycles. The van der Waals surface area contributed by atoms with E-state index in [1.165, 1.54) is 19.1 Å². The van der Waals surface area contributed by atoms with Crippen LogP contribution < -0.4 is 25.0 Å². The lowest BCUT2D eigenvalue weighted by Crippen LogP contribution is -2.51. The molecular formula is C19H23N3O6S. The number of hydrogen-bond donors (Lipinski definition) is 3. The second kappa shape index (κ2) is 10.4. The fourth-order valence-corrected chi connectivity index (χ4v) is 3.44. The highest BCUT2D eigenvalue weighted by molar-refractivity contribution is 7.89. The number of rotatable bonds is 9. The normalized spacial score (nSPS) is 11.9. The minimum Gasteiger partial charge on any atom is -0.490 e. The molecule has 2 amide bonds. The molecule has 2 aromatic rings. The number of nitrogens with one attached hydrogen (secondary N) is 3. The Labute approximate surface area is 169 Å². The minimum absolute atomic E-state index is 0.0325. The van der Waals surface area contributed by atoms with Gasteiger partial charge in [0.2, 0.25) is 10.0 Å². The SMILES string of the molecule is CCOc1ccccc1OCC(=O)NNC(=O)[C@H](C)NS(=O)(=O)c1ccccc1.